The van der Waals surface area contributed by atoms with Gasteiger partial charge in [-0.25, -0.2) is 0 Å². The molecule has 39 heavy (non-hydrogen) atoms. The Bertz CT molecular complexity index is 864. The van der Waals surface area contributed by atoms with Gasteiger partial charge in [0.2, 0.25) is 12.8 Å². The molecule has 2 unspecified atom stereocenters. The number of hydrogen-bond donors (Lipinski definition) is 0. The monoisotopic (exact) mass is 561 g/mol. The molecule has 0 N–H and O–H groups in total. The number of carbonyl (C=O) groups excluding carboxylic acids is 2. The Morgan fingerprint density at radius 2 is 1.56 bits per heavy atom. The fourth-order valence-corrected chi connectivity index (χ4v) is 6.27. The lowest BCUT2D eigenvalue weighted by atomic mass is 9.75. The van der Waals surface area contributed by atoms with Gasteiger partial charge in [-0.05, 0) is 108 Å². The Labute approximate surface area is 242 Å². The number of hydrogen-bond acceptors (Lipinski definition) is 4. The summed E-state index contributed by atoms with van der Waals surface area (Å²) in [5.41, 5.74) is 2.15. The fourth-order valence-electron chi connectivity index (χ4n) is 6.15. The Morgan fingerprint density at radius 3 is 2.03 bits per heavy atom. The molecule has 1 aliphatic carbocycles. The van der Waals surface area contributed by atoms with Crippen molar-refractivity contribution in [2.75, 3.05) is 39.4 Å². The van der Waals surface area contributed by atoms with E-state index in [9.17, 15) is 9.59 Å². The molecule has 4 aliphatic rings. The van der Waals surface area contributed by atoms with Crippen LogP contribution in [0.15, 0.2) is 24.3 Å². The normalized spacial score (nSPS) is 25.3. The molecular formula is C32H52ClN3O3. The average molecular weight is 562 g/mol. The number of rotatable bonds is 5. The number of carbonyl (C=O) groups is 2. The van der Waals surface area contributed by atoms with Gasteiger partial charge >= 0.3 is 0 Å². The van der Waals surface area contributed by atoms with Crippen LogP contribution < -0.4 is 0 Å². The van der Waals surface area contributed by atoms with Crippen molar-refractivity contribution in [3.05, 3.63) is 34.9 Å². The van der Waals surface area contributed by atoms with Crippen LogP contribution in [0.3, 0.4) is 0 Å². The van der Waals surface area contributed by atoms with E-state index in [-0.39, 0.29) is 6.04 Å². The first-order valence-corrected chi connectivity index (χ1v) is 15.4. The first-order chi connectivity index (χ1) is 18.5. The lowest BCUT2D eigenvalue weighted by molar-refractivity contribution is -0.124. The third-order valence-electron chi connectivity index (χ3n) is 8.92. The van der Waals surface area contributed by atoms with Gasteiger partial charge in [0.15, 0.2) is 0 Å². The Hall–Kier alpha value is -1.63. The Kier molecular flexibility index (Phi) is 12.1. The van der Waals surface area contributed by atoms with E-state index in [0.29, 0.717) is 29.5 Å². The van der Waals surface area contributed by atoms with E-state index in [0.717, 1.165) is 56.9 Å². The largest absolute Gasteiger partial charge is 0.381 e. The second kappa shape index (κ2) is 14.8. The van der Waals surface area contributed by atoms with Gasteiger partial charge in [-0.3, -0.25) is 14.5 Å². The van der Waals surface area contributed by atoms with Gasteiger partial charge in [0.05, 0.1) is 6.04 Å². The quantitative estimate of drug-likeness (QED) is 0.392. The molecule has 0 bridgehead atoms. The first kappa shape index (κ1) is 31.9. The van der Waals surface area contributed by atoms with Crippen LogP contribution in [-0.2, 0) is 14.3 Å². The Balaban J connectivity index is 0.000000184. The molecule has 220 valence electrons. The molecule has 0 radical (unpaired) electrons. The second-order valence-electron chi connectivity index (χ2n) is 13.5. The summed E-state index contributed by atoms with van der Waals surface area (Å²) in [6, 6.07) is 8.94. The van der Waals surface area contributed by atoms with Gasteiger partial charge in [-0.2, -0.15) is 0 Å². The van der Waals surface area contributed by atoms with Gasteiger partial charge in [0, 0.05) is 49.5 Å². The molecule has 2 amide bonds. The average Bonchev–Trinajstić information content (AvgIpc) is 3.70. The highest BCUT2D eigenvalue weighted by Gasteiger charge is 2.35. The predicted octanol–water partition coefficient (Wildman–Crippen LogP) is 6.37. The van der Waals surface area contributed by atoms with Crippen molar-refractivity contribution in [1.82, 2.24) is 14.7 Å². The number of halogens is 1. The standard InChI is InChI=1S/C14H20ClN.C14H24N2O2.C4H8O/c1-14(2,3)16-9-8-12(10-16)11-4-6-13(15)7-5-11;1-14(2)6-3-12(4-7-14)16(11-18)13-5-8-15(9-13)10-17;1-2-4-5-3-1/h4-7,12H,8-10H2,1-3H3;10-13H,3-9H2,1-2H3;1-4H2. The van der Waals surface area contributed by atoms with E-state index in [1.54, 1.807) is 4.90 Å². The summed E-state index contributed by atoms with van der Waals surface area (Å²) in [5.74, 6) is 0.677. The molecule has 2 atom stereocenters. The smallest absolute Gasteiger partial charge is 0.210 e. The van der Waals surface area contributed by atoms with Crippen LogP contribution in [0.4, 0.5) is 0 Å². The van der Waals surface area contributed by atoms with E-state index in [1.807, 2.05) is 17.0 Å². The summed E-state index contributed by atoms with van der Waals surface area (Å²) in [4.78, 5) is 28.4. The van der Waals surface area contributed by atoms with Crippen molar-refractivity contribution in [2.24, 2.45) is 5.41 Å². The number of nitrogens with zero attached hydrogens (tertiary/aromatic N) is 3. The van der Waals surface area contributed by atoms with Crippen molar-refractivity contribution in [3.63, 3.8) is 0 Å². The molecule has 0 aromatic heterocycles. The topological polar surface area (TPSA) is 53.1 Å². The summed E-state index contributed by atoms with van der Waals surface area (Å²) in [5, 5.41) is 0.828. The SMILES string of the molecule is C1CCOC1.CC(C)(C)N1CCC(c2ccc(Cl)cc2)C1.CC1(C)CCC(N(C=O)C2CCN(C=O)C2)CC1. The molecule has 3 aliphatic heterocycles. The summed E-state index contributed by atoms with van der Waals surface area (Å²) in [6.45, 7) is 17.4. The Morgan fingerprint density at radius 1 is 0.923 bits per heavy atom. The zero-order valence-corrected chi connectivity index (χ0v) is 25.8. The van der Waals surface area contributed by atoms with E-state index in [2.05, 4.69) is 51.7 Å². The molecule has 3 heterocycles. The number of amides is 2. The lowest BCUT2D eigenvalue weighted by Crippen LogP contribution is -2.46. The summed E-state index contributed by atoms with van der Waals surface area (Å²) >= 11 is 5.91. The zero-order chi connectivity index (χ0) is 28.5. The molecule has 7 heteroatoms. The van der Waals surface area contributed by atoms with E-state index in [4.69, 9.17) is 16.3 Å². The molecule has 3 saturated heterocycles. The maximum Gasteiger partial charge on any atom is 0.210 e. The predicted molar refractivity (Wildman–Crippen MR) is 160 cm³/mol. The molecule has 5 rings (SSSR count). The van der Waals surface area contributed by atoms with Crippen LogP contribution in [0, 0.1) is 5.41 Å². The van der Waals surface area contributed by atoms with Gasteiger partial charge in [0.25, 0.3) is 0 Å². The van der Waals surface area contributed by atoms with Gasteiger partial charge in [-0.1, -0.05) is 37.6 Å². The highest BCUT2D eigenvalue weighted by Crippen LogP contribution is 2.37. The van der Waals surface area contributed by atoms with Crippen LogP contribution >= 0.6 is 11.6 Å². The second-order valence-corrected chi connectivity index (χ2v) is 13.9. The van der Waals surface area contributed by atoms with Crippen LogP contribution in [0.2, 0.25) is 5.02 Å². The molecule has 6 nitrogen and oxygen atoms in total. The minimum Gasteiger partial charge on any atom is -0.381 e. The molecule has 1 aromatic rings. The van der Waals surface area contributed by atoms with Crippen LogP contribution in [0.25, 0.3) is 0 Å². The molecule has 0 spiro atoms. The summed E-state index contributed by atoms with van der Waals surface area (Å²) in [6.07, 6.45) is 11.2. The van der Waals surface area contributed by atoms with Crippen molar-refractivity contribution in [2.45, 2.75) is 110 Å². The number of benzene rings is 1. The van der Waals surface area contributed by atoms with Crippen molar-refractivity contribution < 1.29 is 14.3 Å². The van der Waals surface area contributed by atoms with Crippen molar-refractivity contribution in [1.29, 1.82) is 0 Å². The third-order valence-corrected chi connectivity index (χ3v) is 9.18. The minimum atomic E-state index is 0.235. The van der Waals surface area contributed by atoms with Crippen LogP contribution in [0.5, 0.6) is 0 Å². The highest BCUT2D eigenvalue weighted by molar-refractivity contribution is 6.30. The first-order valence-electron chi connectivity index (χ1n) is 15.0. The molecular weight excluding hydrogens is 510 g/mol. The summed E-state index contributed by atoms with van der Waals surface area (Å²) < 4.78 is 4.94. The lowest BCUT2D eigenvalue weighted by Gasteiger charge is -2.40. The maximum absolute atomic E-state index is 11.4. The van der Waals surface area contributed by atoms with E-state index >= 15 is 0 Å². The molecule has 4 fully saturated rings. The van der Waals surface area contributed by atoms with Crippen molar-refractivity contribution in [3.8, 4) is 0 Å². The highest BCUT2D eigenvalue weighted by atomic mass is 35.5. The number of ether oxygens (including phenoxy) is 1. The van der Waals surface area contributed by atoms with Crippen molar-refractivity contribution >= 4 is 24.4 Å². The van der Waals surface area contributed by atoms with Gasteiger partial charge in [0.1, 0.15) is 0 Å². The zero-order valence-electron chi connectivity index (χ0n) is 25.0. The molecule has 1 saturated carbocycles. The van der Waals surface area contributed by atoms with Crippen LogP contribution in [0.1, 0.15) is 97.5 Å². The fraction of sp³-hybridized carbons (Fsp3) is 0.750. The minimum absolute atomic E-state index is 0.235. The molecule has 1 aromatic carbocycles. The van der Waals surface area contributed by atoms with Gasteiger partial charge in [-0.15, -0.1) is 0 Å². The van der Waals surface area contributed by atoms with E-state index < -0.39 is 0 Å². The number of likely N-dealkylation sites (tertiary alicyclic amines) is 2. The maximum atomic E-state index is 11.4. The summed E-state index contributed by atoms with van der Waals surface area (Å²) in [7, 11) is 0. The van der Waals surface area contributed by atoms with Crippen LogP contribution in [-0.4, -0.2) is 84.5 Å². The third kappa shape index (κ3) is 10.1. The van der Waals surface area contributed by atoms with Gasteiger partial charge < -0.3 is 14.5 Å². The van der Waals surface area contributed by atoms with E-state index in [1.165, 1.54) is 50.8 Å².